The topological polar surface area (TPSA) is 24.7 Å². The minimum Gasteiger partial charge on any atom is -0.276 e. The zero-order chi connectivity index (χ0) is 30.7. The molecule has 0 saturated heterocycles. The fourth-order valence-corrected chi connectivity index (χ4v) is 14.2. The second-order valence-corrected chi connectivity index (χ2v) is 17.7. The van der Waals surface area contributed by atoms with Gasteiger partial charge in [-0.15, -0.1) is 23.5 Å². The molecular weight excluding hydrogens is 585 g/mol. The Morgan fingerprint density at radius 1 is 0.444 bits per heavy atom. The van der Waals surface area contributed by atoms with Crippen LogP contribution in [0.5, 0.6) is 0 Å². The lowest BCUT2D eigenvalue weighted by molar-refractivity contribution is 0.297. The van der Waals surface area contributed by atoms with Gasteiger partial charge in [0.25, 0.3) is 0 Å². The summed E-state index contributed by atoms with van der Waals surface area (Å²) >= 11 is 4.11. The van der Waals surface area contributed by atoms with E-state index in [1.807, 2.05) is 0 Å². The molecule has 224 valence electrons. The smallest absolute Gasteiger partial charge is 0.0805 e. The van der Waals surface area contributed by atoms with Crippen LogP contribution < -0.4 is 0 Å². The Kier molecular flexibility index (Phi) is 4.96. The van der Waals surface area contributed by atoms with Gasteiger partial charge in [-0.05, 0) is 72.2 Å². The summed E-state index contributed by atoms with van der Waals surface area (Å²) in [5.41, 5.74) is 11.0. The summed E-state index contributed by atoms with van der Waals surface area (Å²) in [7, 11) is 0. The zero-order valence-electron chi connectivity index (χ0n) is 26.8. The monoisotopic (exact) mass is 622 g/mol. The van der Waals surface area contributed by atoms with E-state index in [0.29, 0.717) is 10.5 Å². The number of rotatable bonds is 2. The maximum atomic E-state index is 5.79. The van der Waals surface area contributed by atoms with E-state index in [-0.39, 0.29) is 39.2 Å². The van der Waals surface area contributed by atoms with Gasteiger partial charge in [-0.1, -0.05) is 111 Å². The van der Waals surface area contributed by atoms with Crippen LogP contribution in [0.3, 0.4) is 0 Å². The molecule has 0 radical (unpaired) electrons. The lowest BCUT2D eigenvalue weighted by Crippen LogP contribution is -2.61. The molecule has 12 rings (SSSR count). The van der Waals surface area contributed by atoms with Gasteiger partial charge in [0.15, 0.2) is 0 Å². The van der Waals surface area contributed by atoms with E-state index < -0.39 is 0 Å². The lowest BCUT2D eigenvalue weighted by atomic mass is 9.48. The Balaban J connectivity index is 1.10. The van der Waals surface area contributed by atoms with Crippen molar-refractivity contribution in [2.45, 2.75) is 85.8 Å². The van der Waals surface area contributed by atoms with Gasteiger partial charge >= 0.3 is 0 Å². The molecule has 8 aliphatic rings. The molecule has 2 aliphatic heterocycles. The highest BCUT2D eigenvalue weighted by Gasteiger charge is 2.67. The molecule has 2 nitrogen and oxygen atoms in total. The number of hydrogen-bond acceptors (Lipinski definition) is 4. The van der Waals surface area contributed by atoms with Gasteiger partial charge in [0.05, 0.1) is 27.6 Å². The SMILES string of the molecule is CC(C)(C1=N[C@H]2[C@@H](S1)C1(C)c3ccccc3C2(C)c2ccccc21)C1=N[C@H]2[C@@H](S1)C1(C)c3ccccc3C2(C)c2ccccc21. The Hall–Kier alpha value is -3.08. The zero-order valence-corrected chi connectivity index (χ0v) is 28.4. The molecule has 45 heavy (non-hydrogen) atoms. The summed E-state index contributed by atoms with van der Waals surface area (Å²) < 4.78 is 0. The van der Waals surface area contributed by atoms with Crippen molar-refractivity contribution in [3.63, 3.8) is 0 Å². The highest BCUT2D eigenvalue weighted by molar-refractivity contribution is 8.17. The number of thioether (sulfide) groups is 2. The molecule has 0 fully saturated rings. The third kappa shape index (κ3) is 2.79. The van der Waals surface area contributed by atoms with E-state index >= 15 is 0 Å². The molecule has 4 aromatic carbocycles. The Morgan fingerprint density at radius 2 is 0.689 bits per heavy atom. The molecule has 2 heterocycles. The minimum absolute atomic E-state index is 0.0937. The standard InChI is InChI=1S/C41H38N2S2/c1-37(2,35-42-31-33(44-35)40(5)27-19-11-7-15-23(27)38(31,3)24-16-8-12-20-28(24)40)36-43-32-34(45-36)41(6)29-21-13-9-17-25(29)39(32,4)26-18-10-14-22-30(26)41/h7-22,31-34H,1-6H3/t31-,32-,33+,34+,38?,39?,40?,41?/m0/s1. The molecule has 0 aromatic heterocycles. The number of aliphatic imine (C=N–C) groups is 2. The number of nitrogens with zero attached hydrogens (tertiary/aromatic N) is 2. The highest BCUT2D eigenvalue weighted by atomic mass is 32.2. The maximum Gasteiger partial charge on any atom is 0.0805 e. The van der Waals surface area contributed by atoms with Crippen molar-refractivity contribution in [3.8, 4) is 0 Å². The molecule has 4 bridgehead atoms. The summed E-state index contributed by atoms with van der Waals surface area (Å²) in [6.45, 7) is 14.7. The molecule has 0 saturated carbocycles. The van der Waals surface area contributed by atoms with Crippen molar-refractivity contribution < 1.29 is 0 Å². The molecule has 4 aromatic rings. The first-order valence-corrected chi connectivity index (χ1v) is 18.2. The van der Waals surface area contributed by atoms with Gasteiger partial charge in [-0.3, -0.25) is 9.98 Å². The Morgan fingerprint density at radius 3 is 0.956 bits per heavy atom. The Labute approximate surface area is 275 Å². The molecular formula is C41H38N2S2. The third-order valence-electron chi connectivity index (χ3n) is 13.1. The summed E-state index contributed by atoms with van der Waals surface area (Å²) in [6.07, 6.45) is 0. The van der Waals surface area contributed by atoms with Gasteiger partial charge in [-0.2, -0.15) is 0 Å². The molecule has 0 N–H and O–H groups in total. The second-order valence-electron chi connectivity index (χ2n) is 15.5. The summed E-state index contributed by atoms with van der Waals surface area (Å²) in [4.78, 5) is 11.6. The van der Waals surface area contributed by atoms with Crippen molar-refractivity contribution in [2.24, 2.45) is 15.4 Å². The maximum absolute atomic E-state index is 5.79. The summed E-state index contributed by atoms with van der Waals surface area (Å²) in [5.74, 6) is 0. The summed E-state index contributed by atoms with van der Waals surface area (Å²) in [5, 5.41) is 3.24. The van der Waals surface area contributed by atoms with E-state index in [2.05, 4.69) is 162 Å². The van der Waals surface area contributed by atoms with Crippen molar-refractivity contribution in [3.05, 3.63) is 142 Å². The van der Waals surface area contributed by atoms with Crippen molar-refractivity contribution >= 4 is 33.6 Å². The predicted molar refractivity (Wildman–Crippen MR) is 191 cm³/mol. The van der Waals surface area contributed by atoms with Gasteiger partial charge < -0.3 is 0 Å². The van der Waals surface area contributed by atoms with Crippen molar-refractivity contribution in [1.82, 2.24) is 0 Å². The molecule has 4 atom stereocenters. The van der Waals surface area contributed by atoms with Crippen LogP contribution in [0.2, 0.25) is 0 Å². The normalized spacial score (nSPS) is 37.6. The fraction of sp³-hybridized carbons (Fsp3) is 0.366. The quantitative estimate of drug-likeness (QED) is 0.223. The average molecular weight is 623 g/mol. The van der Waals surface area contributed by atoms with Crippen molar-refractivity contribution in [2.75, 3.05) is 0 Å². The van der Waals surface area contributed by atoms with Gasteiger partial charge in [0.2, 0.25) is 0 Å². The van der Waals surface area contributed by atoms with Gasteiger partial charge in [0.1, 0.15) is 0 Å². The predicted octanol–water partition coefficient (Wildman–Crippen LogP) is 9.06. The Bertz CT molecular complexity index is 1810. The van der Waals surface area contributed by atoms with Crippen LogP contribution in [-0.2, 0) is 21.7 Å². The fourth-order valence-electron chi connectivity index (χ4n) is 10.6. The van der Waals surface area contributed by atoms with E-state index in [1.165, 1.54) is 54.6 Å². The average Bonchev–Trinajstić information content (AvgIpc) is 3.75. The first-order valence-electron chi connectivity index (χ1n) is 16.5. The van der Waals surface area contributed by atoms with Crippen molar-refractivity contribution in [1.29, 1.82) is 0 Å². The van der Waals surface area contributed by atoms with Crippen LogP contribution in [-0.4, -0.2) is 32.7 Å². The van der Waals surface area contributed by atoms with Crippen LogP contribution in [0.1, 0.15) is 86.1 Å². The van der Waals surface area contributed by atoms with Gasteiger partial charge in [0, 0.05) is 32.2 Å². The van der Waals surface area contributed by atoms with E-state index in [9.17, 15) is 0 Å². The lowest BCUT2D eigenvalue weighted by Gasteiger charge is -2.58. The van der Waals surface area contributed by atoms with Crippen LogP contribution in [0.25, 0.3) is 0 Å². The van der Waals surface area contributed by atoms with Gasteiger partial charge in [-0.25, -0.2) is 0 Å². The second kappa shape index (κ2) is 8.25. The van der Waals surface area contributed by atoms with E-state index in [0.717, 1.165) is 0 Å². The number of hydrogen-bond donors (Lipinski definition) is 0. The molecule has 6 aliphatic carbocycles. The molecule has 0 spiro atoms. The molecule has 0 unspecified atom stereocenters. The van der Waals surface area contributed by atoms with Crippen LogP contribution in [0.4, 0.5) is 0 Å². The largest absolute Gasteiger partial charge is 0.276 e. The number of benzene rings is 4. The first kappa shape index (κ1) is 27.1. The van der Waals surface area contributed by atoms with Crippen LogP contribution >= 0.6 is 23.5 Å². The molecule has 4 heteroatoms. The van der Waals surface area contributed by atoms with E-state index in [1.54, 1.807) is 0 Å². The third-order valence-corrected chi connectivity index (χ3v) is 16.8. The summed E-state index contributed by atoms with van der Waals surface area (Å²) in [6, 6.07) is 37.2. The van der Waals surface area contributed by atoms with Crippen LogP contribution in [0, 0.1) is 5.41 Å². The minimum atomic E-state index is -0.265. The first-order chi connectivity index (χ1) is 21.6. The van der Waals surface area contributed by atoms with E-state index in [4.69, 9.17) is 9.98 Å². The van der Waals surface area contributed by atoms with Crippen LogP contribution in [0.15, 0.2) is 107 Å². The highest BCUT2D eigenvalue weighted by Crippen LogP contribution is 2.68. The molecule has 0 amide bonds.